The van der Waals surface area contributed by atoms with Gasteiger partial charge in [0.2, 0.25) is 5.91 Å². The van der Waals surface area contributed by atoms with Crippen LogP contribution in [0.2, 0.25) is 0 Å². The number of hydrogen-bond acceptors (Lipinski definition) is 5. The highest BCUT2D eigenvalue weighted by atomic mass is 19.1. The number of aromatic amines is 1. The van der Waals surface area contributed by atoms with E-state index in [0.717, 1.165) is 24.0 Å². The number of aryl methyl sites for hydroxylation is 1. The first-order valence-corrected chi connectivity index (χ1v) is 9.62. The molecule has 2 aromatic rings. The van der Waals surface area contributed by atoms with Gasteiger partial charge in [-0.25, -0.2) is 8.78 Å². The molecular weight excluding hydrogens is 382 g/mol. The maximum Gasteiger partial charge on any atom is 0.249 e. The molecule has 1 amide bonds. The third-order valence-electron chi connectivity index (χ3n) is 5.26. The second-order valence-corrected chi connectivity index (χ2v) is 7.78. The molecule has 0 unspecified atom stereocenters. The van der Waals surface area contributed by atoms with E-state index in [1.54, 1.807) is 0 Å². The van der Waals surface area contributed by atoms with Crippen LogP contribution in [0.15, 0.2) is 24.3 Å². The first kappa shape index (κ1) is 19.9. The van der Waals surface area contributed by atoms with Crippen LogP contribution in [-0.4, -0.2) is 59.0 Å². The fourth-order valence-corrected chi connectivity index (χ4v) is 3.95. The van der Waals surface area contributed by atoms with Crippen molar-refractivity contribution < 1.29 is 23.0 Å². The number of morpholine rings is 1. The standard InChI is InChI=1S/C20H24F2N4O3/c1-13-4-17(25-24-13)10-26-2-3-29-20(11-26)8-18(28-12-20)19(27)23-9-14-5-15(21)7-16(22)6-14/h4-7,18H,2-3,8-12H2,1H3,(H,23,27)(H,24,25)/t18-,20+/m0/s1. The summed E-state index contributed by atoms with van der Waals surface area (Å²) in [5, 5.41) is 9.91. The molecule has 1 aromatic heterocycles. The quantitative estimate of drug-likeness (QED) is 0.790. The monoisotopic (exact) mass is 406 g/mol. The number of halogens is 2. The molecule has 4 rings (SSSR count). The summed E-state index contributed by atoms with van der Waals surface area (Å²) in [4.78, 5) is 14.7. The van der Waals surface area contributed by atoms with E-state index >= 15 is 0 Å². The molecule has 2 aliphatic heterocycles. The van der Waals surface area contributed by atoms with Crippen LogP contribution in [0, 0.1) is 18.6 Å². The Balaban J connectivity index is 1.31. The molecule has 1 aromatic carbocycles. The van der Waals surface area contributed by atoms with Gasteiger partial charge in [-0.2, -0.15) is 5.10 Å². The molecule has 2 saturated heterocycles. The molecule has 0 saturated carbocycles. The van der Waals surface area contributed by atoms with Crippen LogP contribution in [0.25, 0.3) is 0 Å². The van der Waals surface area contributed by atoms with Crippen molar-refractivity contribution in [3.8, 4) is 0 Å². The van der Waals surface area contributed by atoms with Crippen LogP contribution < -0.4 is 5.32 Å². The molecule has 2 N–H and O–H groups in total. The van der Waals surface area contributed by atoms with Gasteiger partial charge >= 0.3 is 0 Å². The van der Waals surface area contributed by atoms with Gasteiger partial charge in [0, 0.05) is 44.4 Å². The van der Waals surface area contributed by atoms with Gasteiger partial charge in [-0.3, -0.25) is 14.8 Å². The summed E-state index contributed by atoms with van der Waals surface area (Å²) < 4.78 is 38.3. The van der Waals surface area contributed by atoms with Crippen LogP contribution in [-0.2, 0) is 27.4 Å². The van der Waals surface area contributed by atoms with Gasteiger partial charge in [-0.05, 0) is 30.7 Å². The Morgan fingerprint density at radius 1 is 1.34 bits per heavy atom. The third-order valence-corrected chi connectivity index (χ3v) is 5.26. The van der Waals surface area contributed by atoms with Crippen LogP contribution in [0.5, 0.6) is 0 Å². The maximum atomic E-state index is 13.3. The molecule has 29 heavy (non-hydrogen) atoms. The van der Waals surface area contributed by atoms with E-state index < -0.39 is 23.3 Å². The number of nitrogens with zero attached hydrogens (tertiary/aromatic N) is 2. The molecular formula is C20H24F2N4O3. The van der Waals surface area contributed by atoms with Crippen molar-refractivity contribution in [1.29, 1.82) is 0 Å². The van der Waals surface area contributed by atoms with E-state index in [-0.39, 0.29) is 12.5 Å². The van der Waals surface area contributed by atoms with Crippen LogP contribution in [0.4, 0.5) is 8.78 Å². The number of nitrogens with one attached hydrogen (secondary N) is 2. The number of hydrogen-bond donors (Lipinski definition) is 2. The van der Waals surface area contributed by atoms with Crippen LogP contribution >= 0.6 is 0 Å². The number of H-pyrrole nitrogens is 1. The summed E-state index contributed by atoms with van der Waals surface area (Å²) in [5.41, 5.74) is 1.81. The van der Waals surface area contributed by atoms with Gasteiger partial charge in [0.15, 0.2) is 0 Å². The minimum Gasteiger partial charge on any atom is -0.370 e. The second kappa shape index (κ2) is 8.17. The summed E-state index contributed by atoms with van der Waals surface area (Å²) in [5.74, 6) is -1.66. The highest BCUT2D eigenvalue weighted by Crippen LogP contribution is 2.32. The SMILES string of the molecule is Cc1cc(CN2CCO[C@@]3(CO[C@H](C(=O)NCc4cc(F)cc(F)c4)C3)C2)n[nH]1. The molecule has 0 aliphatic carbocycles. The summed E-state index contributed by atoms with van der Waals surface area (Å²) >= 11 is 0. The van der Waals surface area contributed by atoms with Crippen molar-refractivity contribution in [2.24, 2.45) is 0 Å². The smallest absolute Gasteiger partial charge is 0.249 e. The molecule has 2 aliphatic rings. The minimum atomic E-state index is -0.673. The summed E-state index contributed by atoms with van der Waals surface area (Å²) in [6.07, 6.45) is -0.215. The van der Waals surface area contributed by atoms with E-state index in [2.05, 4.69) is 20.4 Å². The number of carbonyl (C=O) groups excluding carboxylic acids is 1. The number of rotatable bonds is 5. The maximum absolute atomic E-state index is 13.3. The number of amides is 1. The molecule has 1 spiro atoms. The van der Waals surface area contributed by atoms with Crippen molar-refractivity contribution in [2.45, 2.75) is 38.1 Å². The molecule has 2 atom stereocenters. The lowest BCUT2D eigenvalue weighted by Gasteiger charge is -2.39. The van der Waals surface area contributed by atoms with Gasteiger partial charge in [-0.1, -0.05) is 0 Å². The van der Waals surface area contributed by atoms with E-state index in [1.807, 2.05) is 13.0 Å². The van der Waals surface area contributed by atoms with Crippen LogP contribution in [0.3, 0.4) is 0 Å². The predicted molar refractivity (Wildman–Crippen MR) is 99.8 cm³/mol. The predicted octanol–water partition coefficient (Wildman–Crippen LogP) is 1.67. The van der Waals surface area contributed by atoms with E-state index in [4.69, 9.17) is 9.47 Å². The van der Waals surface area contributed by atoms with Gasteiger partial charge in [0.25, 0.3) is 0 Å². The van der Waals surface area contributed by atoms with E-state index in [0.29, 0.717) is 38.3 Å². The number of carbonyl (C=O) groups is 1. The zero-order chi connectivity index (χ0) is 20.4. The fourth-order valence-electron chi connectivity index (χ4n) is 3.95. The Morgan fingerprint density at radius 2 is 2.14 bits per heavy atom. The average Bonchev–Trinajstić information content (AvgIpc) is 3.25. The van der Waals surface area contributed by atoms with Crippen molar-refractivity contribution in [1.82, 2.24) is 20.4 Å². The molecule has 3 heterocycles. The number of aromatic nitrogens is 2. The zero-order valence-electron chi connectivity index (χ0n) is 16.2. The topological polar surface area (TPSA) is 79.5 Å². The van der Waals surface area contributed by atoms with Gasteiger partial charge in [0.1, 0.15) is 23.3 Å². The Kier molecular flexibility index (Phi) is 5.62. The van der Waals surface area contributed by atoms with Crippen molar-refractivity contribution >= 4 is 5.91 Å². The molecule has 156 valence electrons. The molecule has 9 heteroatoms. The number of ether oxygens (including phenoxy) is 2. The summed E-state index contributed by atoms with van der Waals surface area (Å²) in [7, 11) is 0. The first-order valence-electron chi connectivity index (χ1n) is 9.62. The normalized spacial score (nSPS) is 24.9. The van der Waals surface area contributed by atoms with Crippen molar-refractivity contribution in [2.75, 3.05) is 26.3 Å². The fraction of sp³-hybridized carbons (Fsp3) is 0.500. The molecule has 0 radical (unpaired) electrons. The molecule has 0 bridgehead atoms. The highest BCUT2D eigenvalue weighted by Gasteiger charge is 2.46. The van der Waals surface area contributed by atoms with Gasteiger partial charge < -0.3 is 14.8 Å². The number of benzene rings is 1. The lowest BCUT2D eigenvalue weighted by molar-refractivity contribution is -0.130. The summed E-state index contributed by atoms with van der Waals surface area (Å²) in [6.45, 7) is 5.03. The van der Waals surface area contributed by atoms with Crippen molar-refractivity contribution in [3.05, 3.63) is 52.9 Å². The van der Waals surface area contributed by atoms with Crippen molar-refractivity contribution in [3.63, 3.8) is 0 Å². The largest absolute Gasteiger partial charge is 0.370 e. The highest BCUT2D eigenvalue weighted by molar-refractivity contribution is 5.81. The molecule has 2 fully saturated rings. The summed E-state index contributed by atoms with van der Waals surface area (Å²) in [6, 6.07) is 5.20. The van der Waals surface area contributed by atoms with E-state index in [9.17, 15) is 13.6 Å². The van der Waals surface area contributed by atoms with Gasteiger partial charge in [-0.15, -0.1) is 0 Å². The Hall–Kier alpha value is -2.36. The second-order valence-electron chi connectivity index (χ2n) is 7.78. The lowest BCUT2D eigenvalue weighted by atomic mass is 9.97. The third kappa shape index (κ3) is 4.80. The Bertz CT molecular complexity index is 870. The minimum absolute atomic E-state index is 0.0336. The van der Waals surface area contributed by atoms with Gasteiger partial charge in [0.05, 0.1) is 18.9 Å². The Labute approximate surface area is 167 Å². The zero-order valence-corrected chi connectivity index (χ0v) is 16.2. The first-order chi connectivity index (χ1) is 13.9. The van der Waals surface area contributed by atoms with E-state index in [1.165, 1.54) is 12.1 Å². The molecule has 7 nitrogen and oxygen atoms in total. The van der Waals surface area contributed by atoms with Crippen LogP contribution in [0.1, 0.15) is 23.4 Å². The lowest BCUT2D eigenvalue weighted by Crippen LogP contribution is -2.52. The Morgan fingerprint density at radius 3 is 2.86 bits per heavy atom. The average molecular weight is 406 g/mol.